The Morgan fingerprint density at radius 1 is 1.07 bits per heavy atom. The number of piperidine rings is 1. The summed E-state index contributed by atoms with van der Waals surface area (Å²) in [7, 11) is 0. The Labute approximate surface area is 176 Å². The fraction of sp³-hybridized carbons (Fsp3) is 0.500. The number of ether oxygens (including phenoxy) is 1. The maximum absolute atomic E-state index is 12.5. The van der Waals surface area contributed by atoms with Gasteiger partial charge >= 0.3 is 11.7 Å². The molecular weight excluding hydrogens is 380 g/mol. The number of H-pyrrole nitrogens is 1. The van der Waals surface area contributed by atoms with Gasteiger partial charge < -0.3 is 15.5 Å². The van der Waals surface area contributed by atoms with Gasteiger partial charge in [0.1, 0.15) is 5.52 Å². The Morgan fingerprint density at radius 3 is 2.47 bits per heavy atom. The fourth-order valence-electron chi connectivity index (χ4n) is 3.86. The summed E-state index contributed by atoms with van der Waals surface area (Å²) < 4.78 is 7.18. The summed E-state index contributed by atoms with van der Waals surface area (Å²) in [4.78, 5) is 26.4. The van der Waals surface area contributed by atoms with E-state index in [1.54, 1.807) is 4.57 Å². The predicted octanol–water partition coefficient (Wildman–Crippen LogP) is 2.91. The molecule has 8 heteroatoms. The molecule has 0 radical (unpaired) electrons. The Hall–Kier alpha value is -2.87. The van der Waals surface area contributed by atoms with E-state index < -0.39 is 0 Å². The van der Waals surface area contributed by atoms with Gasteiger partial charge in [-0.1, -0.05) is 44.0 Å². The van der Waals surface area contributed by atoms with Gasteiger partial charge in [0.15, 0.2) is 11.5 Å². The molecule has 8 nitrogen and oxygen atoms in total. The molecule has 4 rings (SSSR count). The third-order valence-electron chi connectivity index (χ3n) is 5.58. The Balaban J connectivity index is 1.52. The van der Waals surface area contributed by atoms with Crippen LogP contribution in [-0.2, 0) is 13.1 Å². The maximum atomic E-state index is 12.5. The van der Waals surface area contributed by atoms with Crippen molar-refractivity contribution in [3.63, 3.8) is 0 Å². The first kappa shape index (κ1) is 20.4. The van der Waals surface area contributed by atoms with E-state index in [1.807, 2.05) is 0 Å². The predicted molar refractivity (Wildman–Crippen MR) is 118 cm³/mol. The van der Waals surface area contributed by atoms with Crippen molar-refractivity contribution in [2.45, 2.75) is 52.1 Å². The van der Waals surface area contributed by atoms with E-state index in [9.17, 15) is 4.79 Å². The summed E-state index contributed by atoms with van der Waals surface area (Å²) >= 11 is 0. The minimum atomic E-state index is -0.255. The number of aromatic nitrogens is 4. The van der Waals surface area contributed by atoms with Gasteiger partial charge in [-0.25, -0.2) is 4.79 Å². The summed E-state index contributed by atoms with van der Waals surface area (Å²) in [6.45, 7) is 6.35. The molecule has 0 aliphatic carbocycles. The van der Waals surface area contributed by atoms with Crippen molar-refractivity contribution in [3.05, 3.63) is 45.9 Å². The largest absolute Gasteiger partial charge is 0.463 e. The first-order chi connectivity index (χ1) is 14.6. The number of unbranched alkanes of at least 4 members (excludes halogenated alkanes) is 1. The molecule has 3 aromatic rings. The molecular formula is C22H30N6O2. The van der Waals surface area contributed by atoms with Crippen molar-refractivity contribution in [2.75, 3.05) is 25.4 Å². The van der Waals surface area contributed by atoms with E-state index in [0.29, 0.717) is 24.3 Å². The molecule has 30 heavy (non-hydrogen) atoms. The van der Waals surface area contributed by atoms with E-state index in [-0.39, 0.29) is 17.5 Å². The zero-order chi connectivity index (χ0) is 20.9. The molecule has 1 aliphatic rings. The first-order valence-electron chi connectivity index (χ1n) is 10.8. The number of imidazole rings is 1. The van der Waals surface area contributed by atoms with E-state index >= 15 is 0 Å². The van der Waals surface area contributed by atoms with Gasteiger partial charge in [0.25, 0.3) is 0 Å². The van der Waals surface area contributed by atoms with E-state index in [4.69, 9.17) is 10.5 Å². The number of rotatable bonds is 8. The van der Waals surface area contributed by atoms with Crippen molar-refractivity contribution < 1.29 is 4.74 Å². The molecule has 0 saturated carbocycles. The van der Waals surface area contributed by atoms with Crippen molar-refractivity contribution >= 4 is 17.0 Å². The van der Waals surface area contributed by atoms with Crippen LogP contribution in [0.2, 0.25) is 0 Å². The summed E-state index contributed by atoms with van der Waals surface area (Å²) in [6, 6.07) is 8.65. The van der Waals surface area contributed by atoms with Crippen LogP contribution in [-0.4, -0.2) is 44.1 Å². The van der Waals surface area contributed by atoms with Crippen LogP contribution in [0.1, 0.15) is 50.2 Å². The van der Waals surface area contributed by atoms with Gasteiger partial charge in [0, 0.05) is 6.54 Å². The number of likely N-dealkylation sites (tertiary alicyclic amines) is 1. The third kappa shape index (κ3) is 4.64. The van der Waals surface area contributed by atoms with Crippen molar-refractivity contribution in [2.24, 2.45) is 0 Å². The average Bonchev–Trinajstić information content (AvgIpc) is 3.06. The van der Waals surface area contributed by atoms with E-state index in [1.165, 1.54) is 37.9 Å². The normalized spacial score (nSPS) is 15.0. The molecule has 0 bridgehead atoms. The molecule has 0 amide bonds. The lowest BCUT2D eigenvalue weighted by atomic mass is 10.1. The van der Waals surface area contributed by atoms with Crippen LogP contribution in [0, 0.1) is 0 Å². The molecule has 1 aromatic carbocycles. The van der Waals surface area contributed by atoms with Crippen LogP contribution in [0.5, 0.6) is 6.01 Å². The van der Waals surface area contributed by atoms with Crippen LogP contribution >= 0.6 is 0 Å². The molecule has 3 N–H and O–H groups in total. The number of nitrogens with zero attached hydrogens (tertiary/aromatic N) is 4. The minimum Gasteiger partial charge on any atom is -0.463 e. The van der Waals surface area contributed by atoms with Crippen LogP contribution in [0.3, 0.4) is 0 Å². The van der Waals surface area contributed by atoms with Crippen molar-refractivity contribution in [1.29, 1.82) is 0 Å². The Kier molecular flexibility index (Phi) is 6.32. The SMILES string of the molecule is CCCCOc1nc(N)c2[nH]c(=O)n(Cc3ccc(CN4CCCCC4)cc3)c2n1. The van der Waals surface area contributed by atoms with Crippen molar-refractivity contribution in [3.8, 4) is 6.01 Å². The molecule has 2 aromatic heterocycles. The fourth-order valence-corrected chi connectivity index (χ4v) is 3.86. The van der Waals surface area contributed by atoms with Crippen LogP contribution in [0.25, 0.3) is 11.2 Å². The number of hydrogen-bond acceptors (Lipinski definition) is 6. The summed E-state index contributed by atoms with van der Waals surface area (Å²) in [6.07, 6.45) is 5.84. The summed E-state index contributed by atoms with van der Waals surface area (Å²) in [5.74, 6) is 0.222. The van der Waals surface area contributed by atoms with Gasteiger partial charge in [-0.3, -0.25) is 9.47 Å². The van der Waals surface area contributed by atoms with Gasteiger partial charge in [-0.05, 0) is 43.5 Å². The quantitative estimate of drug-likeness (QED) is 0.554. The first-order valence-corrected chi connectivity index (χ1v) is 10.8. The van der Waals surface area contributed by atoms with Crippen LogP contribution in [0.4, 0.5) is 5.82 Å². The lowest BCUT2D eigenvalue weighted by Crippen LogP contribution is -2.29. The highest BCUT2D eigenvalue weighted by Gasteiger charge is 2.15. The topological polar surface area (TPSA) is 102 Å². The van der Waals surface area contributed by atoms with Gasteiger partial charge in [0.2, 0.25) is 0 Å². The standard InChI is InChI=1S/C22H30N6O2/c1-2-3-13-30-21-25-19(23)18-20(26-21)28(22(29)24-18)15-17-9-7-16(8-10-17)14-27-11-5-4-6-12-27/h7-10H,2-6,11-15H2,1H3,(H,24,29)(H2,23,25,26). The second-order valence-corrected chi connectivity index (χ2v) is 7.96. The number of aromatic amines is 1. The minimum absolute atomic E-state index is 0.207. The Morgan fingerprint density at radius 2 is 1.77 bits per heavy atom. The van der Waals surface area contributed by atoms with Crippen LogP contribution < -0.4 is 16.2 Å². The van der Waals surface area contributed by atoms with Gasteiger partial charge in [-0.15, -0.1) is 0 Å². The van der Waals surface area contributed by atoms with E-state index in [0.717, 1.165) is 24.9 Å². The molecule has 0 spiro atoms. The second kappa shape index (κ2) is 9.30. The number of anilines is 1. The van der Waals surface area contributed by atoms with E-state index in [2.05, 4.69) is 51.0 Å². The second-order valence-electron chi connectivity index (χ2n) is 7.96. The number of nitrogen functional groups attached to an aromatic ring is 1. The number of nitrogens with two attached hydrogens (primary N) is 1. The zero-order valence-electron chi connectivity index (χ0n) is 17.6. The zero-order valence-corrected chi connectivity index (χ0v) is 17.6. The lowest BCUT2D eigenvalue weighted by Gasteiger charge is -2.26. The molecule has 0 atom stereocenters. The molecule has 0 unspecified atom stereocenters. The Bertz CT molecular complexity index is 1030. The highest BCUT2D eigenvalue weighted by Crippen LogP contribution is 2.19. The summed E-state index contributed by atoms with van der Waals surface area (Å²) in [5, 5.41) is 0. The van der Waals surface area contributed by atoms with Crippen molar-refractivity contribution in [1.82, 2.24) is 24.4 Å². The third-order valence-corrected chi connectivity index (χ3v) is 5.58. The molecule has 1 aliphatic heterocycles. The monoisotopic (exact) mass is 410 g/mol. The van der Waals surface area contributed by atoms with Gasteiger partial charge in [0.05, 0.1) is 13.2 Å². The molecule has 160 valence electrons. The molecule has 1 saturated heterocycles. The van der Waals surface area contributed by atoms with Gasteiger partial charge in [-0.2, -0.15) is 9.97 Å². The molecule has 3 heterocycles. The summed E-state index contributed by atoms with van der Waals surface area (Å²) in [5.41, 5.74) is 9.02. The lowest BCUT2D eigenvalue weighted by molar-refractivity contribution is 0.221. The van der Waals surface area contributed by atoms with Crippen LogP contribution in [0.15, 0.2) is 29.1 Å². The maximum Gasteiger partial charge on any atom is 0.328 e. The number of benzene rings is 1. The highest BCUT2D eigenvalue weighted by molar-refractivity contribution is 5.81. The number of nitrogens with one attached hydrogen (secondary N) is 1. The average molecular weight is 411 g/mol. The highest BCUT2D eigenvalue weighted by atomic mass is 16.5. The molecule has 1 fully saturated rings. The number of hydrogen-bond donors (Lipinski definition) is 2. The smallest absolute Gasteiger partial charge is 0.328 e. The number of fused-ring (bicyclic) bond motifs is 1.